The molecule has 2 aromatic carbocycles. The Bertz CT molecular complexity index is 1310. The Labute approximate surface area is 210 Å². The lowest BCUT2D eigenvalue weighted by Gasteiger charge is -2.27. The number of hydrogen-bond acceptors (Lipinski definition) is 6. The van der Waals surface area contributed by atoms with Crippen LogP contribution in [-0.2, 0) is 11.3 Å². The lowest BCUT2D eigenvalue weighted by atomic mass is 10.0. The molecule has 0 bridgehead atoms. The predicted octanol–water partition coefficient (Wildman–Crippen LogP) is 3.79. The Morgan fingerprint density at radius 3 is 2.80 bits per heavy atom. The van der Waals surface area contributed by atoms with E-state index in [2.05, 4.69) is 15.3 Å². The van der Waals surface area contributed by atoms with Gasteiger partial charge in [0.15, 0.2) is 0 Å². The van der Waals surface area contributed by atoms with Crippen molar-refractivity contribution < 1.29 is 23.8 Å². The molecule has 2 N–H and O–H groups in total. The number of aliphatic hydroxyl groups excluding tert-OH is 1. The van der Waals surface area contributed by atoms with Crippen LogP contribution >= 0.6 is 23.2 Å². The summed E-state index contributed by atoms with van der Waals surface area (Å²) in [6.45, 7) is 0.952. The van der Waals surface area contributed by atoms with E-state index in [1.807, 2.05) is 6.07 Å². The summed E-state index contributed by atoms with van der Waals surface area (Å²) in [6, 6.07) is 8.15. The zero-order valence-corrected chi connectivity index (χ0v) is 20.3. The highest BCUT2D eigenvalue weighted by atomic mass is 35.5. The van der Waals surface area contributed by atoms with Gasteiger partial charge < -0.3 is 20.1 Å². The van der Waals surface area contributed by atoms with Crippen molar-refractivity contribution in [3.8, 4) is 17.0 Å². The van der Waals surface area contributed by atoms with Crippen molar-refractivity contribution in [3.63, 3.8) is 0 Å². The Kier molecular flexibility index (Phi) is 7.20. The number of fused-ring (bicyclic) bond motifs is 1. The second-order valence-electron chi connectivity index (χ2n) is 7.96. The quantitative estimate of drug-likeness (QED) is 0.461. The van der Waals surface area contributed by atoms with Gasteiger partial charge in [-0.15, -0.1) is 0 Å². The van der Waals surface area contributed by atoms with E-state index in [0.29, 0.717) is 5.75 Å². The van der Waals surface area contributed by atoms with Crippen molar-refractivity contribution in [3.05, 3.63) is 75.4 Å². The standard InChI is InChI=1S/C24H21Cl2FN4O4/c1-12(13-4-3-5-15(6-13)35-2)29-22(33)20(11-32)31-10-17-16(23(31)34)7-14(8-19(17)27)21-18(25)9-28-24(26)30-21/h3-9,12,20,32H,10-11H2,1-2H3,(H,29,33)/t12-,20-/m1/s1. The van der Waals surface area contributed by atoms with Crippen LogP contribution in [0.15, 0.2) is 42.6 Å². The molecule has 8 nitrogen and oxygen atoms in total. The van der Waals surface area contributed by atoms with Crippen molar-refractivity contribution in [1.29, 1.82) is 0 Å². The van der Waals surface area contributed by atoms with Gasteiger partial charge in [-0.2, -0.15) is 0 Å². The zero-order chi connectivity index (χ0) is 25.3. The molecule has 2 atom stereocenters. The highest BCUT2D eigenvalue weighted by Crippen LogP contribution is 2.34. The van der Waals surface area contributed by atoms with Gasteiger partial charge in [-0.25, -0.2) is 14.4 Å². The van der Waals surface area contributed by atoms with Gasteiger partial charge in [0.25, 0.3) is 5.91 Å². The molecule has 2 amide bonds. The monoisotopic (exact) mass is 518 g/mol. The summed E-state index contributed by atoms with van der Waals surface area (Å²) in [5.41, 5.74) is 1.35. The number of rotatable bonds is 7. The Hall–Kier alpha value is -3.27. The van der Waals surface area contributed by atoms with Crippen LogP contribution in [0.4, 0.5) is 4.39 Å². The fraction of sp³-hybridized carbons (Fsp3) is 0.250. The summed E-state index contributed by atoms with van der Waals surface area (Å²) in [5, 5.41) is 12.8. The second kappa shape index (κ2) is 10.2. The molecule has 1 aromatic heterocycles. The number of nitrogens with zero attached hydrogens (tertiary/aromatic N) is 3. The molecule has 0 radical (unpaired) electrons. The van der Waals surface area contributed by atoms with Crippen molar-refractivity contribution >= 4 is 35.0 Å². The third-order valence-corrected chi connectivity index (χ3v) is 6.27. The van der Waals surface area contributed by atoms with Crippen LogP contribution in [0.5, 0.6) is 5.75 Å². The number of nitrogens with one attached hydrogen (secondary N) is 1. The maximum atomic E-state index is 15.0. The first kappa shape index (κ1) is 24.8. The molecule has 0 saturated carbocycles. The number of methoxy groups -OCH3 is 1. The third kappa shape index (κ3) is 4.93. The van der Waals surface area contributed by atoms with Gasteiger partial charge >= 0.3 is 0 Å². The number of halogens is 3. The molecule has 2 heterocycles. The Balaban J connectivity index is 1.58. The van der Waals surface area contributed by atoms with E-state index < -0.39 is 36.3 Å². The normalized spacial score (nSPS) is 14.5. The van der Waals surface area contributed by atoms with Gasteiger partial charge in [0, 0.05) is 16.7 Å². The molecule has 0 unspecified atom stereocenters. The van der Waals surface area contributed by atoms with Crippen LogP contribution in [-0.4, -0.2) is 51.5 Å². The van der Waals surface area contributed by atoms with Gasteiger partial charge in [0.05, 0.1) is 43.2 Å². The molecule has 0 fully saturated rings. The number of ether oxygens (including phenoxy) is 1. The molecule has 3 aromatic rings. The number of carbonyl (C=O) groups excluding carboxylic acids is 2. The minimum Gasteiger partial charge on any atom is -0.497 e. The molecule has 0 spiro atoms. The molecule has 35 heavy (non-hydrogen) atoms. The first-order valence-electron chi connectivity index (χ1n) is 10.6. The summed E-state index contributed by atoms with van der Waals surface area (Å²) in [6.07, 6.45) is 1.28. The maximum Gasteiger partial charge on any atom is 0.255 e. The lowest BCUT2D eigenvalue weighted by Crippen LogP contribution is -2.49. The van der Waals surface area contributed by atoms with Gasteiger partial charge in [-0.3, -0.25) is 9.59 Å². The first-order valence-corrected chi connectivity index (χ1v) is 11.4. The third-order valence-electron chi connectivity index (χ3n) is 5.81. The summed E-state index contributed by atoms with van der Waals surface area (Å²) in [4.78, 5) is 35.1. The fourth-order valence-corrected chi connectivity index (χ4v) is 4.28. The van der Waals surface area contributed by atoms with Crippen LogP contribution in [0.2, 0.25) is 10.3 Å². The van der Waals surface area contributed by atoms with E-state index >= 15 is 4.39 Å². The molecule has 11 heteroatoms. The van der Waals surface area contributed by atoms with Crippen molar-refractivity contribution in [2.75, 3.05) is 13.7 Å². The maximum absolute atomic E-state index is 15.0. The molecule has 182 valence electrons. The second-order valence-corrected chi connectivity index (χ2v) is 8.70. The van der Waals surface area contributed by atoms with Crippen LogP contribution in [0.25, 0.3) is 11.3 Å². The number of aromatic nitrogens is 2. The van der Waals surface area contributed by atoms with Crippen LogP contribution in [0.3, 0.4) is 0 Å². The topological polar surface area (TPSA) is 105 Å². The summed E-state index contributed by atoms with van der Waals surface area (Å²) in [7, 11) is 1.54. The zero-order valence-electron chi connectivity index (χ0n) is 18.8. The SMILES string of the molecule is COc1cccc([C@@H](C)NC(=O)[C@@H](CO)N2Cc3c(F)cc(-c4nc(Cl)ncc4Cl)cc3C2=O)c1. The summed E-state index contributed by atoms with van der Waals surface area (Å²) < 4.78 is 20.2. The Morgan fingerprint density at radius 1 is 1.31 bits per heavy atom. The van der Waals surface area contributed by atoms with E-state index in [4.69, 9.17) is 27.9 Å². The van der Waals surface area contributed by atoms with Crippen molar-refractivity contribution in [1.82, 2.24) is 20.2 Å². The molecule has 1 aliphatic rings. The highest BCUT2D eigenvalue weighted by Gasteiger charge is 2.38. The van der Waals surface area contributed by atoms with Gasteiger partial charge in [-0.05, 0) is 48.4 Å². The smallest absolute Gasteiger partial charge is 0.255 e. The molecular weight excluding hydrogens is 498 g/mol. The van der Waals surface area contributed by atoms with Crippen molar-refractivity contribution in [2.45, 2.75) is 25.6 Å². The van der Waals surface area contributed by atoms with Gasteiger partial charge in [0.1, 0.15) is 17.6 Å². The summed E-state index contributed by atoms with van der Waals surface area (Å²) in [5.74, 6) is -1.21. The van der Waals surface area contributed by atoms with Crippen molar-refractivity contribution in [2.24, 2.45) is 0 Å². The first-order chi connectivity index (χ1) is 16.7. The van der Waals surface area contributed by atoms with Crippen LogP contribution in [0.1, 0.15) is 34.5 Å². The van der Waals surface area contributed by atoms with Gasteiger partial charge in [-0.1, -0.05) is 23.7 Å². The van der Waals surface area contributed by atoms with Crippen LogP contribution in [0, 0.1) is 5.82 Å². The molecule has 1 aliphatic heterocycles. The van der Waals surface area contributed by atoms with Gasteiger partial charge in [0.2, 0.25) is 11.2 Å². The van der Waals surface area contributed by atoms with E-state index in [1.54, 1.807) is 32.2 Å². The molecule has 0 saturated heterocycles. The average Bonchev–Trinajstić information content (AvgIpc) is 3.17. The van der Waals surface area contributed by atoms with E-state index in [1.165, 1.54) is 18.3 Å². The van der Waals surface area contributed by atoms with E-state index in [-0.39, 0.29) is 39.2 Å². The number of aliphatic hydroxyl groups is 1. The number of amides is 2. The minimum atomic E-state index is -1.22. The predicted molar refractivity (Wildman–Crippen MR) is 128 cm³/mol. The van der Waals surface area contributed by atoms with E-state index in [9.17, 15) is 14.7 Å². The molecule has 4 rings (SSSR count). The lowest BCUT2D eigenvalue weighted by molar-refractivity contribution is -0.127. The fourth-order valence-electron chi connectivity index (χ4n) is 3.95. The average molecular weight is 519 g/mol. The number of carbonyl (C=O) groups is 2. The minimum absolute atomic E-state index is 0.0536. The molecular formula is C24H21Cl2FN4O4. The highest BCUT2D eigenvalue weighted by molar-refractivity contribution is 6.33. The largest absolute Gasteiger partial charge is 0.497 e. The number of benzene rings is 2. The Morgan fingerprint density at radius 2 is 2.09 bits per heavy atom. The van der Waals surface area contributed by atoms with E-state index in [0.717, 1.165) is 10.5 Å². The number of hydrogen-bond donors (Lipinski definition) is 2. The summed E-state index contributed by atoms with van der Waals surface area (Å²) >= 11 is 12.0. The molecule has 0 aliphatic carbocycles. The van der Waals surface area contributed by atoms with Crippen LogP contribution < -0.4 is 10.1 Å².